The maximum Gasteiger partial charge on any atom is 0.308 e. The highest BCUT2D eigenvalue weighted by molar-refractivity contribution is 6.08. The van der Waals surface area contributed by atoms with E-state index in [0.717, 1.165) is 5.56 Å². The molecule has 0 aliphatic carbocycles. The molecule has 0 spiro atoms. The Hall–Kier alpha value is -4.53. The van der Waals surface area contributed by atoms with E-state index >= 15 is 0 Å². The molecule has 3 aromatic carbocycles. The normalized spacial score (nSPS) is 10.2. The van der Waals surface area contributed by atoms with Gasteiger partial charge < -0.3 is 14.4 Å². The van der Waals surface area contributed by atoms with Gasteiger partial charge in [-0.05, 0) is 29.8 Å². The van der Waals surface area contributed by atoms with Crippen LogP contribution in [-0.4, -0.2) is 22.8 Å². The van der Waals surface area contributed by atoms with Crippen LogP contribution in [-0.2, 0) is 16.1 Å². The molecule has 0 aromatic heterocycles. The first kappa shape index (κ1) is 23.1. The van der Waals surface area contributed by atoms with Crippen molar-refractivity contribution in [2.24, 2.45) is 0 Å². The summed E-state index contributed by atoms with van der Waals surface area (Å²) < 4.78 is 10.2. The van der Waals surface area contributed by atoms with Gasteiger partial charge in [-0.1, -0.05) is 30.3 Å². The second kappa shape index (κ2) is 10.2. The number of esters is 2. The van der Waals surface area contributed by atoms with Crippen LogP contribution in [0.1, 0.15) is 29.8 Å². The van der Waals surface area contributed by atoms with Crippen molar-refractivity contribution in [3.8, 4) is 11.5 Å². The molecule has 0 N–H and O–H groups in total. The Morgan fingerprint density at radius 3 is 2.09 bits per heavy atom. The van der Waals surface area contributed by atoms with Crippen LogP contribution in [0.2, 0.25) is 0 Å². The third kappa shape index (κ3) is 6.01. The summed E-state index contributed by atoms with van der Waals surface area (Å²) in [6, 6.07) is 18.8. The third-order valence-electron chi connectivity index (χ3n) is 4.50. The summed E-state index contributed by atoms with van der Waals surface area (Å²) in [5.74, 6) is -1.71. The second-order valence-electron chi connectivity index (χ2n) is 7.00. The number of ether oxygens (including phenoxy) is 2. The Balaban J connectivity index is 2.05. The van der Waals surface area contributed by atoms with E-state index in [2.05, 4.69) is 0 Å². The van der Waals surface area contributed by atoms with Gasteiger partial charge in [0.1, 0.15) is 11.5 Å². The van der Waals surface area contributed by atoms with E-state index in [1.807, 2.05) is 30.3 Å². The molecule has 168 valence electrons. The number of amides is 1. The molecular formula is C24H20N2O7. The Bertz CT molecular complexity index is 1190. The van der Waals surface area contributed by atoms with Gasteiger partial charge in [0.2, 0.25) is 0 Å². The number of non-ortho nitro benzene ring substituents is 1. The largest absolute Gasteiger partial charge is 0.427 e. The van der Waals surface area contributed by atoms with Crippen LogP contribution in [0.25, 0.3) is 0 Å². The van der Waals surface area contributed by atoms with Gasteiger partial charge in [-0.25, -0.2) is 0 Å². The van der Waals surface area contributed by atoms with Gasteiger partial charge in [0.05, 0.1) is 17.0 Å². The van der Waals surface area contributed by atoms with E-state index < -0.39 is 22.8 Å². The van der Waals surface area contributed by atoms with E-state index in [4.69, 9.17) is 9.47 Å². The summed E-state index contributed by atoms with van der Waals surface area (Å²) in [5.41, 5.74) is 1.16. The Labute approximate surface area is 189 Å². The average Bonchev–Trinajstić information content (AvgIpc) is 2.77. The van der Waals surface area contributed by atoms with Crippen molar-refractivity contribution < 1.29 is 28.8 Å². The lowest BCUT2D eigenvalue weighted by Crippen LogP contribution is -2.31. The van der Waals surface area contributed by atoms with E-state index in [1.165, 1.54) is 61.2 Å². The Morgan fingerprint density at radius 1 is 0.879 bits per heavy atom. The topological polar surface area (TPSA) is 116 Å². The van der Waals surface area contributed by atoms with Gasteiger partial charge in [-0.2, -0.15) is 0 Å². The molecule has 9 nitrogen and oxygen atoms in total. The zero-order valence-corrected chi connectivity index (χ0v) is 17.9. The van der Waals surface area contributed by atoms with Crippen LogP contribution in [0, 0.1) is 10.1 Å². The monoisotopic (exact) mass is 448 g/mol. The SMILES string of the molecule is CC(=O)Oc1ccc(C(=O)N(Cc2ccccc2)c2ccc([N+](=O)[O-])cc2)c(OC(C)=O)c1. The van der Waals surface area contributed by atoms with Gasteiger partial charge in [-0.15, -0.1) is 0 Å². The van der Waals surface area contributed by atoms with Gasteiger partial charge in [0, 0.05) is 37.7 Å². The number of nitro benzene ring substituents is 1. The fourth-order valence-corrected chi connectivity index (χ4v) is 3.09. The maximum atomic E-state index is 13.6. The highest BCUT2D eigenvalue weighted by Crippen LogP contribution is 2.30. The first-order valence-corrected chi connectivity index (χ1v) is 9.85. The summed E-state index contributed by atoms with van der Waals surface area (Å²) in [7, 11) is 0. The van der Waals surface area contributed by atoms with E-state index in [0.29, 0.717) is 5.69 Å². The molecule has 33 heavy (non-hydrogen) atoms. The fourth-order valence-electron chi connectivity index (χ4n) is 3.09. The molecule has 0 atom stereocenters. The predicted octanol–water partition coefficient (Wildman–Crippen LogP) is 4.29. The Morgan fingerprint density at radius 2 is 1.52 bits per heavy atom. The molecule has 0 heterocycles. The van der Waals surface area contributed by atoms with Crippen molar-refractivity contribution in [3.05, 3.63) is 94.0 Å². The molecule has 0 fully saturated rings. The van der Waals surface area contributed by atoms with Crippen molar-refractivity contribution in [3.63, 3.8) is 0 Å². The van der Waals surface area contributed by atoms with Crippen molar-refractivity contribution in [2.45, 2.75) is 20.4 Å². The van der Waals surface area contributed by atoms with Crippen LogP contribution < -0.4 is 14.4 Å². The number of carbonyl (C=O) groups is 3. The molecule has 9 heteroatoms. The molecule has 0 aliphatic rings. The number of rotatable bonds is 7. The molecule has 0 bridgehead atoms. The van der Waals surface area contributed by atoms with Gasteiger partial charge in [0.15, 0.2) is 0 Å². The van der Waals surface area contributed by atoms with E-state index in [-0.39, 0.29) is 29.3 Å². The van der Waals surface area contributed by atoms with Crippen LogP contribution in [0.15, 0.2) is 72.8 Å². The first-order chi connectivity index (χ1) is 15.7. The number of nitro groups is 1. The standard InChI is InChI=1S/C24H20N2O7/c1-16(27)32-21-12-13-22(23(14-21)33-17(2)28)24(29)25(15-18-6-4-3-5-7-18)19-8-10-20(11-9-19)26(30)31/h3-14H,15H2,1-2H3. The highest BCUT2D eigenvalue weighted by atomic mass is 16.6. The van der Waals surface area contributed by atoms with Crippen molar-refractivity contribution in [2.75, 3.05) is 4.90 Å². The van der Waals surface area contributed by atoms with E-state index in [9.17, 15) is 24.5 Å². The third-order valence-corrected chi connectivity index (χ3v) is 4.50. The van der Waals surface area contributed by atoms with Gasteiger partial charge >= 0.3 is 11.9 Å². The van der Waals surface area contributed by atoms with Crippen LogP contribution in [0.3, 0.4) is 0 Å². The van der Waals surface area contributed by atoms with Crippen LogP contribution in [0.5, 0.6) is 11.5 Å². The van der Waals surface area contributed by atoms with E-state index in [1.54, 1.807) is 0 Å². The van der Waals surface area contributed by atoms with Crippen LogP contribution >= 0.6 is 0 Å². The smallest absolute Gasteiger partial charge is 0.308 e. The number of hydrogen-bond donors (Lipinski definition) is 0. The highest BCUT2D eigenvalue weighted by Gasteiger charge is 2.24. The molecule has 0 radical (unpaired) electrons. The fraction of sp³-hybridized carbons (Fsp3) is 0.125. The second-order valence-corrected chi connectivity index (χ2v) is 7.00. The van der Waals surface area contributed by atoms with Gasteiger partial charge in [0.25, 0.3) is 11.6 Å². The van der Waals surface area contributed by atoms with Crippen LogP contribution in [0.4, 0.5) is 11.4 Å². The molecule has 0 unspecified atom stereocenters. The quantitative estimate of drug-likeness (QED) is 0.229. The number of carbonyl (C=O) groups excluding carboxylic acids is 3. The van der Waals surface area contributed by atoms with Crippen molar-refractivity contribution in [1.82, 2.24) is 0 Å². The minimum Gasteiger partial charge on any atom is -0.427 e. The minimum absolute atomic E-state index is 0.0513. The summed E-state index contributed by atoms with van der Waals surface area (Å²) in [5, 5.41) is 11.0. The zero-order valence-electron chi connectivity index (χ0n) is 17.9. The lowest BCUT2D eigenvalue weighted by Gasteiger charge is -2.24. The molecular weight excluding hydrogens is 428 g/mol. The van der Waals surface area contributed by atoms with Crippen molar-refractivity contribution in [1.29, 1.82) is 0 Å². The molecule has 3 rings (SSSR count). The molecule has 0 saturated carbocycles. The zero-order chi connectivity index (χ0) is 24.0. The van der Waals surface area contributed by atoms with Crippen molar-refractivity contribution >= 4 is 29.2 Å². The minimum atomic E-state index is -0.658. The number of nitrogens with zero attached hydrogens (tertiary/aromatic N) is 2. The summed E-state index contributed by atoms with van der Waals surface area (Å²) in [6.07, 6.45) is 0. The maximum absolute atomic E-state index is 13.6. The number of hydrogen-bond acceptors (Lipinski definition) is 7. The first-order valence-electron chi connectivity index (χ1n) is 9.85. The lowest BCUT2D eigenvalue weighted by molar-refractivity contribution is -0.384. The molecule has 3 aromatic rings. The predicted molar refractivity (Wildman–Crippen MR) is 119 cm³/mol. The van der Waals surface area contributed by atoms with Gasteiger partial charge in [-0.3, -0.25) is 24.5 Å². The molecule has 1 amide bonds. The Kier molecular flexibility index (Phi) is 7.14. The summed E-state index contributed by atoms with van der Waals surface area (Å²) in [4.78, 5) is 48.4. The number of benzene rings is 3. The summed E-state index contributed by atoms with van der Waals surface area (Å²) in [6.45, 7) is 2.56. The molecule has 0 saturated heterocycles. The average molecular weight is 448 g/mol. The summed E-state index contributed by atoms with van der Waals surface area (Å²) >= 11 is 0. The lowest BCUT2D eigenvalue weighted by atomic mass is 10.1. The number of anilines is 1. The molecule has 0 aliphatic heterocycles.